The predicted molar refractivity (Wildman–Crippen MR) is 91.1 cm³/mol. The minimum atomic E-state index is -0.741. The lowest BCUT2D eigenvalue weighted by atomic mass is 10.0. The van der Waals surface area contributed by atoms with E-state index in [1.54, 1.807) is 12.4 Å². The highest BCUT2D eigenvalue weighted by atomic mass is 19.1. The summed E-state index contributed by atoms with van der Waals surface area (Å²) in [4.78, 5) is 29.8. The number of benzene rings is 1. The Bertz CT molecular complexity index is 799. The smallest absolute Gasteiger partial charge is 0.256 e. The second-order valence-corrected chi connectivity index (χ2v) is 6.37. The zero-order chi connectivity index (χ0) is 18.5. The number of carbonyl (C=O) groups is 2. The second kappa shape index (κ2) is 8.03. The average molecular weight is 359 g/mol. The number of likely N-dealkylation sites (tertiary alicyclic amines) is 1. The van der Waals surface area contributed by atoms with Gasteiger partial charge in [-0.1, -0.05) is 0 Å². The summed E-state index contributed by atoms with van der Waals surface area (Å²) in [5.74, 6) is -2.02. The molecule has 136 valence electrons. The van der Waals surface area contributed by atoms with Crippen molar-refractivity contribution < 1.29 is 18.4 Å². The molecule has 2 heterocycles. The molecular formula is C19H19F2N3O2. The maximum atomic E-state index is 13.8. The molecule has 1 aliphatic rings. The van der Waals surface area contributed by atoms with Crippen LogP contribution in [0.3, 0.4) is 0 Å². The highest BCUT2D eigenvalue weighted by Crippen LogP contribution is 2.22. The van der Waals surface area contributed by atoms with Gasteiger partial charge >= 0.3 is 0 Å². The van der Waals surface area contributed by atoms with Crippen LogP contribution in [0.25, 0.3) is 0 Å². The van der Waals surface area contributed by atoms with Crippen molar-refractivity contribution in [3.8, 4) is 0 Å². The van der Waals surface area contributed by atoms with E-state index in [2.05, 4.69) is 10.3 Å². The summed E-state index contributed by atoms with van der Waals surface area (Å²) in [7, 11) is 0. The van der Waals surface area contributed by atoms with Crippen molar-refractivity contribution in [2.24, 2.45) is 5.92 Å². The molecule has 1 saturated heterocycles. The molecule has 3 rings (SSSR count). The molecule has 1 fully saturated rings. The van der Waals surface area contributed by atoms with Crippen LogP contribution in [0.5, 0.6) is 0 Å². The van der Waals surface area contributed by atoms with Crippen LogP contribution in [-0.4, -0.2) is 34.8 Å². The van der Waals surface area contributed by atoms with Crippen LogP contribution in [0.1, 0.15) is 28.8 Å². The van der Waals surface area contributed by atoms with Gasteiger partial charge in [-0.15, -0.1) is 0 Å². The molecule has 2 amide bonds. The number of amides is 2. The Hall–Kier alpha value is -2.83. The molecule has 7 heteroatoms. The summed E-state index contributed by atoms with van der Waals surface area (Å²) in [6.45, 7) is 1.21. The van der Waals surface area contributed by atoms with E-state index in [0.29, 0.717) is 32.5 Å². The van der Waals surface area contributed by atoms with Crippen LogP contribution >= 0.6 is 0 Å². The molecule has 0 aliphatic carbocycles. The van der Waals surface area contributed by atoms with Gasteiger partial charge in [0.2, 0.25) is 5.91 Å². The number of pyridine rings is 1. The third-order valence-corrected chi connectivity index (χ3v) is 4.44. The third-order valence-electron chi connectivity index (χ3n) is 4.44. The van der Waals surface area contributed by atoms with Crippen molar-refractivity contribution in [2.75, 3.05) is 13.1 Å². The Balaban J connectivity index is 1.51. The number of hydrogen-bond donors (Lipinski definition) is 1. The Morgan fingerprint density at radius 1 is 1.19 bits per heavy atom. The van der Waals surface area contributed by atoms with Gasteiger partial charge in [0.15, 0.2) is 0 Å². The molecule has 0 saturated carbocycles. The number of nitrogens with one attached hydrogen (secondary N) is 1. The summed E-state index contributed by atoms with van der Waals surface area (Å²) >= 11 is 0. The molecule has 26 heavy (non-hydrogen) atoms. The van der Waals surface area contributed by atoms with Crippen molar-refractivity contribution in [3.63, 3.8) is 0 Å². The largest absolute Gasteiger partial charge is 0.352 e. The molecule has 1 N–H and O–H groups in total. The summed E-state index contributed by atoms with van der Waals surface area (Å²) in [5.41, 5.74) is 0.686. The van der Waals surface area contributed by atoms with Gasteiger partial charge in [-0.3, -0.25) is 14.6 Å². The van der Waals surface area contributed by atoms with E-state index >= 15 is 0 Å². The fourth-order valence-electron chi connectivity index (χ4n) is 3.05. The van der Waals surface area contributed by atoms with Gasteiger partial charge in [-0.2, -0.15) is 0 Å². The van der Waals surface area contributed by atoms with Crippen LogP contribution in [0.15, 0.2) is 42.7 Å². The molecule has 0 bridgehead atoms. The monoisotopic (exact) mass is 359 g/mol. The Kier molecular flexibility index (Phi) is 5.55. The zero-order valence-electron chi connectivity index (χ0n) is 14.1. The van der Waals surface area contributed by atoms with Crippen molar-refractivity contribution in [1.29, 1.82) is 0 Å². The first-order valence-electron chi connectivity index (χ1n) is 8.43. The van der Waals surface area contributed by atoms with Gasteiger partial charge < -0.3 is 10.2 Å². The van der Waals surface area contributed by atoms with E-state index in [1.165, 1.54) is 4.90 Å². The molecule has 0 spiro atoms. The number of aromatic nitrogens is 1. The molecule has 0 radical (unpaired) electrons. The second-order valence-electron chi connectivity index (χ2n) is 6.37. The lowest BCUT2D eigenvalue weighted by Gasteiger charge is -2.17. The first kappa shape index (κ1) is 18.0. The van der Waals surface area contributed by atoms with Gasteiger partial charge in [-0.05, 0) is 48.2 Å². The summed E-state index contributed by atoms with van der Waals surface area (Å²) in [5, 5.41) is 2.84. The van der Waals surface area contributed by atoms with E-state index in [1.807, 2.05) is 12.1 Å². The van der Waals surface area contributed by atoms with E-state index in [0.717, 1.165) is 23.8 Å². The minimum absolute atomic E-state index is 0.00742. The highest BCUT2D eigenvalue weighted by molar-refractivity contribution is 5.94. The van der Waals surface area contributed by atoms with Crippen molar-refractivity contribution in [1.82, 2.24) is 15.2 Å². The van der Waals surface area contributed by atoms with Crippen LogP contribution in [0.4, 0.5) is 8.78 Å². The summed E-state index contributed by atoms with van der Waals surface area (Å²) in [6, 6.07) is 6.48. The molecule has 1 atom stereocenters. The number of halogens is 2. The number of nitrogens with zero attached hydrogens (tertiary/aromatic N) is 2. The van der Waals surface area contributed by atoms with Crippen LogP contribution in [0, 0.1) is 17.6 Å². The van der Waals surface area contributed by atoms with Gasteiger partial charge in [0, 0.05) is 38.4 Å². The topological polar surface area (TPSA) is 62.3 Å². The fourth-order valence-corrected chi connectivity index (χ4v) is 3.05. The molecule has 1 unspecified atom stereocenters. The lowest BCUT2D eigenvalue weighted by Crippen LogP contribution is -2.31. The number of hydrogen-bond acceptors (Lipinski definition) is 3. The maximum Gasteiger partial charge on any atom is 0.256 e. The van der Waals surface area contributed by atoms with Gasteiger partial charge in [0.1, 0.15) is 11.6 Å². The van der Waals surface area contributed by atoms with Crippen molar-refractivity contribution >= 4 is 11.8 Å². The number of rotatable bonds is 5. The SMILES string of the molecule is O=C(CC1CCN(C(=O)c2cc(F)ccc2F)C1)NCc1ccncc1. The quantitative estimate of drug-likeness (QED) is 0.892. The number of carbonyl (C=O) groups excluding carboxylic acids is 2. The maximum absolute atomic E-state index is 13.8. The van der Waals surface area contributed by atoms with Gasteiger partial charge in [0.05, 0.1) is 5.56 Å². The first-order chi connectivity index (χ1) is 12.5. The normalized spacial score (nSPS) is 16.5. The first-order valence-corrected chi connectivity index (χ1v) is 8.43. The molecular weight excluding hydrogens is 340 g/mol. The van der Waals surface area contributed by atoms with Crippen LogP contribution in [0.2, 0.25) is 0 Å². The zero-order valence-corrected chi connectivity index (χ0v) is 14.1. The average Bonchev–Trinajstić information content (AvgIpc) is 3.10. The van der Waals surface area contributed by atoms with E-state index in [9.17, 15) is 18.4 Å². The van der Waals surface area contributed by atoms with E-state index in [-0.39, 0.29) is 17.4 Å². The Labute approximate surface area is 150 Å². The van der Waals surface area contributed by atoms with Crippen LogP contribution in [-0.2, 0) is 11.3 Å². The van der Waals surface area contributed by atoms with Crippen LogP contribution < -0.4 is 5.32 Å². The standard InChI is InChI=1S/C19H19F2N3O2/c20-15-1-2-17(21)16(10-15)19(26)24-8-5-14(12-24)9-18(25)23-11-13-3-6-22-7-4-13/h1-4,6-7,10,14H,5,8-9,11-12H2,(H,23,25). The fraction of sp³-hybridized carbons (Fsp3) is 0.316. The lowest BCUT2D eigenvalue weighted by molar-refractivity contribution is -0.122. The Morgan fingerprint density at radius 2 is 1.96 bits per heavy atom. The van der Waals surface area contributed by atoms with Crippen molar-refractivity contribution in [3.05, 3.63) is 65.5 Å². The Morgan fingerprint density at radius 3 is 2.73 bits per heavy atom. The highest BCUT2D eigenvalue weighted by Gasteiger charge is 2.29. The summed E-state index contributed by atoms with van der Waals surface area (Å²) < 4.78 is 27.0. The van der Waals surface area contributed by atoms with Gasteiger partial charge in [-0.25, -0.2) is 8.78 Å². The molecule has 5 nitrogen and oxygen atoms in total. The van der Waals surface area contributed by atoms with E-state index in [4.69, 9.17) is 0 Å². The predicted octanol–water partition coefficient (Wildman–Crippen LogP) is 2.53. The molecule has 2 aromatic rings. The molecule has 1 aromatic heterocycles. The summed E-state index contributed by atoms with van der Waals surface area (Å²) in [6.07, 6.45) is 4.27. The van der Waals surface area contributed by atoms with Gasteiger partial charge in [0.25, 0.3) is 5.91 Å². The minimum Gasteiger partial charge on any atom is -0.352 e. The van der Waals surface area contributed by atoms with E-state index < -0.39 is 17.5 Å². The molecule has 1 aliphatic heterocycles. The molecule has 1 aromatic carbocycles. The third kappa shape index (κ3) is 4.41. The van der Waals surface area contributed by atoms with Crippen molar-refractivity contribution in [2.45, 2.75) is 19.4 Å².